The Bertz CT molecular complexity index is 709. The van der Waals surface area contributed by atoms with Gasteiger partial charge in [0.05, 0.1) is 17.1 Å². The Labute approximate surface area is 116 Å². The average molecular weight is 295 g/mol. The third-order valence-corrected chi connectivity index (χ3v) is 2.52. The van der Waals surface area contributed by atoms with Gasteiger partial charge < -0.3 is 9.84 Å². The highest BCUT2D eigenvalue weighted by atomic mass is 19.1. The van der Waals surface area contributed by atoms with Crippen molar-refractivity contribution >= 4 is 11.7 Å². The summed E-state index contributed by atoms with van der Waals surface area (Å²) in [6.45, 7) is 0. The van der Waals surface area contributed by atoms with E-state index in [1.807, 2.05) is 0 Å². The molecule has 0 fully saturated rings. The Kier molecular flexibility index (Phi) is 3.79. The molecular formula is C13H7F2NO5. The van der Waals surface area contributed by atoms with Crippen LogP contribution in [-0.4, -0.2) is 16.0 Å². The van der Waals surface area contributed by atoms with Crippen LogP contribution in [0.4, 0.5) is 14.5 Å². The van der Waals surface area contributed by atoms with Crippen LogP contribution in [0.15, 0.2) is 36.4 Å². The van der Waals surface area contributed by atoms with Gasteiger partial charge in [0.25, 0.3) is 5.69 Å². The Hall–Kier alpha value is -3.03. The summed E-state index contributed by atoms with van der Waals surface area (Å²) < 4.78 is 32.3. The minimum atomic E-state index is -1.34. The van der Waals surface area contributed by atoms with Crippen LogP contribution >= 0.6 is 0 Å². The Morgan fingerprint density at radius 3 is 2.29 bits per heavy atom. The molecule has 0 aliphatic rings. The number of halogens is 2. The van der Waals surface area contributed by atoms with E-state index in [-0.39, 0.29) is 11.3 Å². The lowest BCUT2D eigenvalue weighted by molar-refractivity contribution is -0.385. The van der Waals surface area contributed by atoms with Crippen molar-refractivity contribution in [1.82, 2.24) is 0 Å². The maximum absolute atomic E-state index is 13.7. The molecule has 0 saturated heterocycles. The van der Waals surface area contributed by atoms with Crippen molar-refractivity contribution in [2.24, 2.45) is 0 Å². The molecule has 21 heavy (non-hydrogen) atoms. The third kappa shape index (κ3) is 2.94. The second-order valence-electron chi connectivity index (χ2n) is 3.90. The summed E-state index contributed by atoms with van der Waals surface area (Å²) in [6.07, 6.45) is 0. The number of hydrogen-bond donors (Lipinski definition) is 1. The second-order valence-corrected chi connectivity index (χ2v) is 3.90. The van der Waals surface area contributed by atoms with Gasteiger partial charge in [-0.25, -0.2) is 13.6 Å². The molecule has 1 N–H and O–H groups in total. The molecule has 0 bridgehead atoms. The number of carboxylic acids is 1. The van der Waals surface area contributed by atoms with Crippen LogP contribution in [0.2, 0.25) is 0 Å². The molecule has 2 aromatic carbocycles. The molecule has 0 aromatic heterocycles. The highest BCUT2D eigenvalue weighted by molar-refractivity contribution is 5.90. The third-order valence-electron chi connectivity index (χ3n) is 2.52. The molecule has 2 rings (SSSR count). The van der Waals surface area contributed by atoms with E-state index in [2.05, 4.69) is 0 Å². The van der Waals surface area contributed by atoms with Crippen LogP contribution in [0.25, 0.3) is 0 Å². The fraction of sp³-hybridized carbons (Fsp3) is 0. The minimum Gasteiger partial charge on any atom is -0.478 e. The van der Waals surface area contributed by atoms with Crippen LogP contribution < -0.4 is 4.74 Å². The summed E-state index contributed by atoms with van der Waals surface area (Å²) in [5, 5.41) is 19.4. The zero-order chi connectivity index (χ0) is 15.6. The number of carbonyl (C=O) groups is 1. The monoisotopic (exact) mass is 295 g/mol. The molecule has 2 aromatic rings. The van der Waals surface area contributed by atoms with Gasteiger partial charge in [-0.3, -0.25) is 10.1 Å². The molecule has 0 aliphatic carbocycles. The van der Waals surface area contributed by atoms with Crippen molar-refractivity contribution in [2.45, 2.75) is 0 Å². The van der Waals surface area contributed by atoms with Crippen LogP contribution in [0.5, 0.6) is 11.5 Å². The maximum Gasteiger partial charge on any atom is 0.339 e. The minimum absolute atomic E-state index is 0.281. The van der Waals surface area contributed by atoms with Crippen molar-refractivity contribution in [3.8, 4) is 11.5 Å². The highest BCUT2D eigenvalue weighted by Gasteiger charge is 2.20. The zero-order valence-electron chi connectivity index (χ0n) is 10.2. The molecule has 108 valence electrons. The van der Waals surface area contributed by atoms with Gasteiger partial charge in [0.15, 0.2) is 17.4 Å². The normalized spacial score (nSPS) is 10.2. The first-order chi connectivity index (χ1) is 9.90. The Morgan fingerprint density at radius 1 is 1.19 bits per heavy atom. The fourth-order valence-electron chi connectivity index (χ4n) is 1.59. The van der Waals surface area contributed by atoms with Gasteiger partial charge in [-0.2, -0.15) is 0 Å². The van der Waals surface area contributed by atoms with Gasteiger partial charge in [-0.15, -0.1) is 0 Å². The predicted octanol–water partition coefficient (Wildman–Crippen LogP) is 3.36. The number of non-ortho nitro benzene ring substituents is 1. The SMILES string of the molecule is O=C(O)c1ccccc1Oc1c(F)cc([N+](=O)[O-])cc1F. The number of para-hydroxylation sites is 1. The van der Waals surface area contributed by atoms with E-state index in [1.54, 1.807) is 0 Å². The zero-order valence-corrected chi connectivity index (χ0v) is 10.2. The highest BCUT2D eigenvalue weighted by Crippen LogP contribution is 2.32. The second kappa shape index (κ2) is 5.53. The number of nitro benzene ring substituents is 1. The molecule has 0 atom stereocenters. The van der Waals surface area contributed by atoms with Gasteiger partial charge in [0.1, 0.15) is 11.3 Å². The summed E-state index contributed by atoms with van der Waals surface area (Å²) in [6, 6.07) is 6.22. The lowest BCUT2D eigenvalue weighted by Gasteiger charge is -2.10. The Balaban J connectivity index is 2.46. The quantitative estimate of drug-likeness (QED) is 0.690. The predicted molar refractivity (Wildman–Crippen MR) is 66.5 cm³/mol. The van der Waals surface area contributed by atoms with E-state index in [9.17, 15) is 23.7 Å². The largest absolute Gasteiger partial charge is 0.478 e. The van der Waals surface area contributed by atoms with Gasteiger partial charge in [-0.1, -0.05) is 12.1 Å². The number of benzene rings is 2. The summed E-state index contributed by atoms with van der Waals surface area (Å²) in [7, 11) is 0. The van der Waals surface area contributed by atoms with E-state index in [0.29, 0.717) is 12.1 Å². The van der Waals surface area contributed by atoms with Crippen LogP contribution in [0.1, 0.15) is 10.4 Å². The van der Waals surface area contributed by atoms with Crippen LogP contribution in [0, 0.1) is 21.7 Å². The van der Waals surface area contributed by atoms with Gasteiger partial charge in [0, 0.05) is 0 Å². The van der Waals surface area contributed by atoms with E-state index in [4.69, 9.17) is 9.84 Å². The number of nitrogens with zero attached hydrogens (tertiary/aromatic N) is 1. The standard InChI is InChI=1S/C13H7F2NO5/c14-9-5-7(16(19)20)6-10(15)12(9)21-11-4-2-1-3-8(11)13(17)18/h1-6H,(H,17,18). The van der Waals surface area contributed by atoms with Crippen LogP contribution in [-0.2, 0) is 0 Å². The summed E-state index contributed by atoms with van der Waals surface area (Å²) >= 11 is 0. The number of nitro groups is 1. The average Bonchev–Trinajstić information content (AvgIpc) is 2.42. The molecule has 6 nitrogen and oxygen atoms in total. The van der Waals surface area contributed by atoms with Crippen molar-refractivity contribution in [2.75, 3.05) is 0 Å². The summed E-state index contributed by atoms with van der Waals surface area (Å²) in [4.78, 5) is 20.5. The van der Waals surface area contributed by atoms with E-state index in [1.165, 1.54) is 24.3 Å². The summed E-state index contributed by atoms with van der Waals surface area (Å²) in [5.74, 6) is -5.14. The first kappa shape index (κ1) is 14.4. The molecule has 0 aliphatic heterocycles. The molecule has 0 amide bonds. The molecular weight excluding hydrogens is 288 g/mol. The number of aromatic carboxylic acids is 1. The first-order valence-electron chi connectivity index (χ1n) is 5.53. The summed E-state index contributed by atoms with van der Waals surface area (Å²) in [5.41, 5.74) is -1.07. The molecule has 0 radical (unpaired) electrons. The fourth-order valence-corrected chi connectivity index (χ4v) is 1.59. The Morgan fingerprint density at radius 2 is 1.76 bits per heavy atom. The lowest BCUT2D eigenvalue weighted by atomic mass is 10.2. The van der Waals surface area contributed by atoms with Crippen molar-refractivity contribution < 1.29 is 28.3 Å². The van der Waals surface area contributed by atoms with Gasteiger partial charge in [0.2, 0.25) is 0 Å². The molecule has 0 heterocycles. The molecule has 0 unspecified atom stereocenters. The molecule has 0 spiro atoms. The van der Waals surface area contributed by atoms with Crippen molar-refractivity contribution in [3.05, 3.63) is 63.7 Å². The topological polar surface area (TPSA) is 89.7 Å². The smallest absolute Gasteiger partial charge is 0.339 e. The molecule has 8 heteroatoms. The number of hydrogen-bond acceptors (Lipinski definition) is 4. The van der Waals surface area contributed by atoms with Crippen molar-refractivity contribution in [3.63, 3.8) is 0 Å². The number of ether oxygens (including phenoxy) is 1. The van der Waals surface area contributed by atoms with Crippen molar-refractivity contribution in [1.29, 1.82) is 0 Å². The first-order valence-corrected chi connectivity index (χ1v) is 5.53. The van der Waals surface area contributed by atoms with E-state index < -0.39 is 34.0 Å². The number of rotatable bonds is 4. The maximum atomic E-state index is 13.7. The van der Waals surface area contributed by atoms with Crippen LogP contribution in [0.3, 0.4) is 0 Å². The van der Waals surface area contributed by atoms with Gasteiger partial charge in [-0.05, 0) is 12.1 Å². The van der Waals surface area contributed by atoms with E-state index in [0.717, 1.165) is 0 Å². The van der Waals surface area contributed by atoms with Gasteiger partial charge >= 0.3 is 5.97 Å². The van der Waals surface area contributed by atoms with E-state index >= 15 is 0 Å². The number of carboxylic acid groups (broad SMARTS) is 1. The lowest BCUT2D eigenvalue weighted by Crippen LogP contribution is -2.02. The molecule has 0 saturated carbocycles.